The molecular formula is C15H16N2O5S. The first-order valence-electron chi connectivity index (χ1n) is 6.73. The number of carbonyl (C=O) groups is 1. The first-order chi connectivity index (χ1) is 11.0. The molecule has 0 aliphatic carbocycles. The molecule has 1 amide bonds. The molecule has 0 saturated carbocycles. The smallest absolute Gasteiger partial charge is 0.324 e. The van der Waals surface area contributed by atoms with E-state index in [0.29, 0.717) is 11.5 Å². The molecule has 8 heteroatoms. The van der Waals surface area contributed by atoms with Crippen LogP contribution in [-0.2, 0) is 0 Å². The van der Waals surface area contributed by atoms with Crippen molar-refractivity contribution >= 4 is 22.2 Å². The van der Waals surface area contributed by atoms with E-state index in [1.807, 2.05) is 0 Å². The lowest BCUT2D eigenvalue weighted by Gasteiger charge is -2.17. The minimum Gasteiger partial charge on any atom is -0.497 e. The minimum atomic E-state index is -0.518. The summed E-state index contributed by atoms with van der Waals surface area (Å²) in [5.41, 5.74) is 0.756. The van der Waals surface area contributed by atoms with Gasteiger partial charge in [-0.1, -0.05) is 11.3 Å². The Kier molecular flexibility index (Phi) is 5.17. The van der Waals surface area contributed by atoms with E-state index in [2.05, 4.69) is 5.32 Å². The molecule has 1 N–H and O–H groups in total. The van der Waals surface area contributed by atoms with Crippen LogP contribution in [0.1, 0.15) is 28.2 Å². The first kappa shape index (κ1) is 16.8. The molecule has 1 aromatic carbocycles. The molecular weight excluding hydrogens is 320 g/mol. The maximum atomic E-state index is 12.2. The van der Waals surface area contributed by atoms with E-state index >= 15 is 0 Å². The van der Waals surface area contributed by atoms with Gasteiger partial charge in [-0.3, -0.25) is 14.9 Å². The van der Waals surface area contributed by atoms with Gasteiger partial charge in [-0.15, -0.1) is 0 Å². The third-order valence-electron chi connectivity index (χ3n) is 3.25. The van der Waals surface area contributed by atoms with Gasteiger partial charge in [-0.05, 0) is 31.2 Å². The van der Waals surface area contributed by atoms with Gasteiger partial charge >= 0.3 is 5.00 Å². The highest BCUT2D eigenvalue weighted by Crippen LogP contribution is 2.30. The molecule has 7 nitrogen and oxygen atoms in total. The van der Waals surface area contributed by atoms with Crippen molar-refractivity contribution in [3.63, 3.8) is 0 Å². The molecule has 1 unspecified atom stereocenters. The first-order valence-corrected chi connectivity index (χ1v) is 7.55. The Morgan fingerprint density at radius 3 is 2.57 bits per heavy atom. The van der Waals surface area contributed by atoms with Crippen molar-refractivity contribution in [1.82, 2.24) is 5.32 Å². The Bertz CT molecular complexity index is 728. The van der Waals surface area contributed by atoms with Crippen LogP contribution in [0.4, 0.5) is 5.00 Å². The standard InChI is InChI=1S/C15H16N2O5S/c1-9(11-8-10(21-2)4-5-12(11)22-3)16-15(18)13-6-7-14(23-13)17(19)20/h4-9H,1-3H3,(H,16,18). The number of nitro groups is 1. The second kappa shape index (κ2) is 7.10. The zero-order valence-electron chi connectivity index (χ0n) is 12.9. The van der Waals surface area contributed by atoms with Gasteiger partial charge in [-0.25, -0.2) is 0 Å². The minimum absolute atomic E-state index is 0.0678. The quantitative estimate of drug-likeness (QED) is 0.646. The topological polar surface area (TPSA) is 90.7 Å². The van der Waals surface area contributed by atoms with Gasteiger partial charge in [0.1, 0.15) is 11.5 Å². The molecule has 0 aliphatic heterocycles. The van der Waals surface area contributed by atoms with Gasteiger partial charge in [0.25, 0.3) is 5.91 Å². The second-order valence-electron chi connectivity index (χ2n) is 4.70. The molecule has 1 atom stereocenters. The van der Waals surface area contributed by atoms with Crippen LogP contribution >= 0.6 is 11.3 Å². The maximum Gasteiger partial charge on any atom is 0.324 e. The van der Waals surface area contributed by atoms with E-state index in [1.165, 1.54) is 12.1 Å². The highest BCUT2D eigenvalue weighted by Gasteiger charge is 2.19. The molecule has 0 aliphatic rings. The maximum absolute atomic E-state index is 12.2. The highest BCUT2D eigenvalue weighted by molar-refractivity contribution is 7.17. The number of hydrogen-bond donors (Lipinski definition) is 1. The molecule has 2 aromatic rings. The summed E-state index contributed by atoms with van der Waals surface area (Å²) >= 11 is 0.837. The summed E-state index contributed by atoms with van der Waals surface area (Å²) in [6.45, 7) is 1.80. The Balaban J connectivity index is 2.18. The summed E-state index contributed by atoms with van der Waals surface area (Å²) in [4.78, 5) is 22.7. The van der Waals surface area contributed by atoms with Crippen LogP contribution in [0.15, 0.2) is 30.3 Å². The number of carbonyl (C=O) groups excluding carboxylic acids is 1. The van der Waals surface area contributed by atoms with E-state index < -0.39 is 4.92 Å². The van der Waals surface area contributed by atoms with E-state index in [0.717, 1.165) is 16.9 Å². The number of thiophene rings is 1. The number of hydrogen-bond acceptors (Lipinski definition) is 6. The van der Waals surface area contributed by atoms with Gasteiger partial charge in [0.05, 0.1) is 30.1 Å². The van der Waals surface area contributed by atoms with Crippen LogP contribution in [0.25, 0.3) is 0 Å². The van der Waals surface area contributed by atoms with Gasteiger partial charge in [0.2, 0.25) is 0 Å². The van der Waals surface area contributed by atoms with E-state index in [-0.39, 0.29) is 21.8 Å². The van der Waals surface area contributed by atoms with Gasteiger partial charge in [0.15, 0.2) is 0 Å². The summed E-state index contributed by atoms with van der Waals surface area (Å²) in [6.07, 6.45) is 0. The lowest BCUT2D eigenvalue weighted by Crippen LogP contribution is -2.26. The van der Waals surface area contributed by atoms with Crippen LogP contribution in [-0.4, -0.2) is 25.1 Å². The monoisotopic (exact) mass is 336 g/mol. The summed E-state index contributed by atoms with van der Waals surface area (Å²) in [5, 5.41) is 13.4. The average Bonchev–Trinajstić information content (AvgIpc) is 3.04. The highest BCUT2D eigenvalue weighted by atomic mass is 32.1. The molecule has 122 valence electrons. The fourth-order valence-electron chi connectivity index (χ4n) is 2.07. The van der Waals surface area contributed by atoms with E-state index in [1.54, 1.807) is 39.3 Å². The number of amides is 1. The number of rotatable bonds is 6. The van der Waals surface area contributed by atoms with Crippen molar-refractivity contribution in [3.8, 4) is 11.5 Å². The van der Waals surface area contributed by atoms with Crippen LogP contribution < -0.4 is 14.8 Å². The summed E-state index contributed by atoms with van der Waals surface area (Å²) < 4.78 is 10.5. The molecule has 23 heavy (non-hydrogen) atoms. The zero-order valence-corrected chi connectivity index (χ0v) is 13.7. The Labute approximate surface area is 137 Å². The predicted octanol–water partition coefficient (Wildman–Crippen LogP) is 3.16. The lowest BCUT2D eigenvalue weighted by molar-refractivity contribution is -0.380. The SMILES string of the molecule is COc1ccc(OC)c(C(C)NC(=O)c2ccc([N+](=O)[O-])s2)c1. The average molecular weight is 336 g/mol. The van der Waals surface area contributed by atoms with Gasteiger partial charge in [0, 0.05) is 11.6 Å². The van der Waals surface area contributed by atoms with Crippen LogP contribution in [0.3, 0.4) is 0 Å². The third-order valence-corrected chi connectivity index (χ3v) is 4.28. The summed E-state index contributed by atoms with van der Waals surface area (Å²) in [5.74, 6) is 0.893. The fraction of sp³-hybridized carbons (Fsp3) is 0.267. The molecule has 0 spiro atoms. The van der Waals surface area contributed by atoms with Crippen LogP contribution in [0, 0.1) is 10.1 Å². The predicted molar refractivity (Wildman–Crippen MR) is 86.4 cm³/mol. The third kappa shape index (κ3) is 3.78. The van der Waals surface area contributed by atoms with E-state index in [4.69, 9.17) is 9.47 Å². The van der Waals surface area contributed by atoms with Crippen molar-refractivity contribution in [3.05, 3.63) is 50.9 Å². The molecule has 0 bridgehead atoms. The van der Waals surface area contributed by atoms with Gasteiger partial charge in [-0.2, -0.15) is 0 Å². The summed E-state index contributed by atoms with van der Waals surface area (Å²) in [7, 11) is 3.10. The van der Waals surface area contributed by atoms with Crippen LogP contribution in [0.5, 0.6) is 11.5 Å². The number of ether oxygens (including phenoxy) is 2. The molecule has 1 aromatic heterocycles. The number of methoxy groups -OCH3 is 2. The van der Waals surface area contributed by atoms with Crippen molar-refractivity contribution in [2.75, 3.05) is 14.2 Å². The van der Waals surface area contributed by atoms with E-state index in [9.17, 15) is 14.9 Å². The molecule has 1 heterocycles. The number of benzene rings is 1. The second-order valence-corrected chi connectivity index (χ2v) is 5.76. The number of nitrogens with one attached hydrogen (secondary N) is 1. The molecule has 0 radical (unpaired) electrons. The summed E-state index contributed by atoms with van der Waals surface area (Å²) in [6, 6.07) is 7.70. The Morgan fingerprint density at radius 2 is 2.00 bits per heavy atom. The van der Waals surface area contributed by atoms with Crippen molar-refractivity contribution in [1.29, 1.82) is 0 Å². The molecule has 0 saturated heterocycles. The fourth-order valence-corrected chi connectivity index (χ4v) is 2.79. The normalized spacial score (nSPS) is 11.6. The van der Waals surface area contributed by atoms with Crippen LogP contribution in [0.2, 0.25) is 0 Å². The molecule has 0 fully saturated rings. The van der Waals surface area contributed by atoms with Crippen molar-refractivity contribution < 1.29 is 19.2 Å². The van der Waals surface area contributed by atoms with Crippen molar-refractivity contribution in [2.45, 2.75) is 13.0 Å². The number of nitrogens with zero attached hydrogens (tertiary/aromatic N) is 1. The van der Waals surface area contributed by atoms with Gasteiger partial charge < -0.3 is 14.8 Å². The Morgan fingerprint density at radius 1 is 1.26 bits per heavy atom. The zero-order chi connectivity index (χ0) is 17.0. The molecule has 2 rings (SSSR count). The largest absolute Gasteiger partial charge is 0.497 e. The lowest BCUT2D eigenvalue weighted by atomic mass is 10.1. The van der Waals surface area contributed by atoms with Crippen molar-refractivity contribution in [2.24, 2.45) is 0 Å². The Hall–Kier alpha value is -2.61.